The lowest BCUT2D eigenvalue weighted by molar-refractivity contribution is 0.138. The van der Waals surface area contributed by atoms with Crippen LogP contribution in [0.15, 0.2) is 0 Å². The number of hydrogen-bond acceptors (Lipinski definition) is 0. The van der Waals surface area contributed by atoms with Gasteiger partial charge in [0.2, 0.25) is 0 Å². The van der Waals surface area contributed by atoms with E-state index < -0.39 is 0 Å². The number of rotatable bonds is 8. The smallest absolute Gasteiger partial charge is 0.0386 e. The van der Waals surface area contributed by atoms with Gasteiger partial charge in [-0.15, -0.1) is 0 Å². The van der Waals surface area contributed by atoms with E-state index in [1.165, 1.54) is 109 Å². The van der Waals surface area contributed by atoms with Gasteiger partial charge in [0, 0.05) is 0 Å². The van der Waals surface area contributed by atoms with Crippen LogP contribution in [0.3, 0.4) is 0 Å². The van der Waals surface area contributed by atoms with E-state index in [1.807, 2.05) is 0 Å². The molecule has 2 aliphatic rings. The Morgan fingerprint density at radius 2 is 0.968 bits per heavy atom. The topological polar surface area (TPSA) is 0 Å². The predicted molar refractivity (Wildman–Crippen MR) is 141 cm³/mol. The molecular weight excluding hydrogens is 372 g/mol. The summed E-state index contributed by atoms with van der Waals surface area (Å²) in [5.74, 6) is 5.27. The van der Waals surface area contributed by atoms with Crippen LogP contribution in [-0.4, -0.2) is 0 Å². The first-order chi connectivity index (χ1) is 15.3. The van der Waals surface area contributed by atoms with Crippen LogP contribution in [0.4, 0.5) is 0 Å². The van der Waals surface area contributed by atoms with E-state index >= 15 is 0 Å². The Morgan fingerprint density at radius 1 is 0.484 bits per heavy atom. The summed E-state index contributed by atoms with van der Waals surface area (Å²) < 4.78 is 0. The fourth-order valence-electron chi connectivity index (χ4n) is 7.47. The maximum atomic E-state index is 2.40. The third-order valence-electron chi connectivity index (χ3n) is 9.29. The molecule has 2 aliphatic carbocycles. The van der Waals surface area contributed by atoms with Crippen LogP contribution in [0.5, 0.6) is 0 Å². The summed E-state index contributed by atoms with van der Waals surface area (Å²) >= 11 is 0. The molecule has 0 nitrogen and oxygen atoms in total. The Kier molecular flexibility index (Phi) is 15.4. The van der Waals surface area contributed by atoms with Crippen molar-refractivity contribution in [1.29, 1.82) is 0 Å². The lowest BCUT2D eigenvalue weighted by atomic mass is 9.68. The molecule has 2 rings (SSSR count). The van der Waals surface area contributed by atoms with E-state index in [0.717, 1.165) is 29.6 Å². The molecule has 0 radical (unpaired) electrons. The van der Waals surface area contributed by atoms with Crippen molar-refractivity contribution in [2.24, 2.45) is 29.6 Å². The van der Waals surface area contributed by atoms with E-state index in [4.69, 9.17) is 0 Å². The molecule has 0 aromatic rings. The highest BCUT2D eigenvalue weighted by molar-refractivity contribution is 4.82. The highest BCUT2D eigenvalue weighted by Crippen LogP contribution is 2.42. The molecule has 0 amide bonds. The predicted octanol–water partition coefficient (Wildman–Crippen LogP) is 11.1. The fourth-order valence-corrected chi connectivity index (χ4v) is 7.47. The first kappa shape index (κ1) is 27.2. The second-order valence-corrected chi connectivity index (χ2v) is 11.8. The maximum Gasteiger partial charge on any atom is -0.0386 e. The summed E-state index contributed by atoms with van der Waals surface area (Å²) in [6, 6.07) is 0. The molecule has 0 aliphatic heterocycles. The van der Waals surface area contributed by atoms with Gasteiger partial charge in [0.05, 0.1) is 0 Å². The van der Waals surface area contributed by atoms with Gasteiger partial charge in [-0.2, -0.15) is 0 Å². The molecule has 2 unspecified atom stereocenters. The summed E-state index contributed by atoms with van der Waals surface area (Å²) in [4.78, 5) is 0. The summed E-state index contributed by atoms with van der Waals surface area (Å²) in [7, 11) is 0. The highest BCUT2D eigenvalue weighted by atomic mass is 14.4. The fraction of sp³-hybridized carbons (Fsp3) is 1.00. The molecule has 0 aromatic heterocycles. The van der Waals surface area contributed by atoms with E-state index in [-0.39, 0.29) is 0 Å². The van der Waals surface area contributed by atoms with Crippen LogP contribution in [-0.2, 0) is 0 Å². The van der Waals surface area contributed by atoms with Crippen LogP contribution < -0.4 is 0 Å². The highest BCUT2D eigenvalue weighted by Gasteiger charge is 2.30. The van der Waals surface area contributed by atoms with Crippen molar-refractivity contribution >= 4 is 0 Å². The molecule has 0 aromatic carbocycles. The van der Waals surface area contributed by atoms with Crippen LogP contribution >= 0.6 is 0 Å². The summed E-state index contributed by atoms with van der Waals surface area (Å²) in [5.41, 5.74) is 0. The minimum atomic E-state index is 1.04. The van der Waals surface area contributed by atoms with Gasteiger partial charge < -0.3 is 0 Å². The first-order valence-electron chi connectivity index (χ1n) is 15.3. The van der Waals surface area contributed by atoms with Crippen molar-refractivity contribution in [3.8, 4) is 0 Å². The molecule has 2 atom stereocenters. The van der Waals surface area contributed by atoms with Gasteiger partial charge in [0.1, 0.15) is 0 Å². The van der Waals surface area contributed by atoms with Gasteiger partial charge in [0.25, 0.3) is 0 Å². The van der Waals surface area contributed by atoms with E-state index in [2.05, 4.69) is 20.8 Å². The van der Waals surface area contributed by atoms with Gasteiger partial charge in [-0.1, -0.05) is 143 Å². The van der Waals surface area contributed by atoms with Gasteiger partial charge in [-0.05, 0) is 55.3 Å². The Hall–Kier alpha value is 0. The van der Waals surface area contributed by atoms with Gasteiger partial charge in [-0.3, -0.25) is 0 Å². The van der Waals surface area contributed by atoms with Crippen molar-refractivity contribution in [3.05, 3.63) is 0 Å². The van der Waals surface area contributed by atoms with Crippen LogP contribution in [0, 0.1) is 29.6 Å². The zero-order chi connectivity index (χ0) is 22.2. The van der Waals surface area contributed by atoms with Crippen LogP contribution in [0.25, 0.3) is 0 Å². The molecule has 0 spiro atoms. The summed E-state index contributed by atoms with van der Waals surface area (Å²) in [6.07, 6.45) is 34.7. The van der Waals surface area contributed by atoms with Crippen molar-refractivity contribution in [1.82, 2.24) is 0 Å². The molecule has 0 N–H and O–H groups in total. The second kappa shape index (κ2) is 17.5. The van der Waals surface area contributed by atoms with E-state index in [0.29, 0.717) is 0 Å². The second-order valence-electron chi connectivity index (χ2n) is 11.8. The minimum absolute atomic E-state index is 1.04. The quantitative estimate of drug-likeness (QED) is 0.357. The molecular formula is C31H60. The normalized spacial score (nSPS) is 30.6. The first-order valence-corrected chi connectivity index (χ1v) is 15.3. The third kappa shape index (κ3) is 11.1. The lowest BCUT2D eigenvalue weighted by Crippen LogP contribution is -2.26. The van der Waals surface area contributed by atoms with Crippen molar-refractivity contribution < 1.29 is 0 Å². The third-order valence-corrected chi connectivity index (χ3v) is 9.29. The van der Waals surface area contributed by atoms with Crippen molar-refractivity contribution in [3.63, 3.8) is 0 Å². The Morgan fingerprint density at radius 3 is 1.55 bits per heavy atom. The van der Waals surface area contributed by atoms with Gasteiger partial charge in [0.15, 0.2) is 0 Å². The summed E-state index contributed by atoms with van der Waals surface area (Å²) in [6.45, 7) is 7.20. The number of hydrogen-bond donors (Lipinski definition) is 0. The monoisotopic (exact) mass is 432 g/mol. The van der Waals surface area contributed by atoms with Gasteiger partial charge in [-0.25, -0.2) is 0 Å². The van der Waals surface area contributed by atoms with Crippen LogP contribution in [0.1, 0.15) is 168 Å². The molecule has 2 saturated carbocycles. The summed E-state index contributed by atoms with van der Waals surface area (Å²) in [5, 5.41) is 0. The van der Waals surface area contributed by atoms with Crippen LogP contribution in [0.2, 0.25) is 0 Å². The van der Waals surface area contributed by atoms with Crippen molar-refractivity contribution in [2.75, 3.05) is 0 Å². The lowest BCUT2D eigenvalue weighted by Gasteiger charge is -2.37. The minimum Gasteiger partial charge on any atom is -0.0654 e. The Bertz CT molecular complexity index is 385. The Balaban J connectivity index is 1.87. The Labute approximate surface area is 198 Å². The molecule has 0 saturated heterocycles. The average Bonchev–Trinajstić information content (AvgIpc) is 2.79. The molecule has 0 heterocycles. The zero-order valence-electron chi connectivity index (χ0n) is 22.2. The SMILES string of the molecule is CCCC1CCCCCCCCCCC(C2CCC(C(CCC)CCC)CC2)CCC1. The molecule has 184 valence electrons. The van der Waals surface area contributed by atoms with Gasteiger partial charge >= 0.3 is 0 Å². The standard InChI is InChI=1S/C31H60/c1-4-16-27-19-13-11-9-7-8-10-12-14-21-29(22-15-20-27)31-25-23-30(24-26-31)28(17-5-2)18-6-3/h27-31H,4-26H2,1-3H3. The zero-order valence-corrected chi connectivity index (χ0v) is 22.2. The molecule has 31 heavy (non-hydrogen) atoms. The van der Waals surface area contributed by atoms with E-state index in [9.17, 15) is 0 Å². The maximum absolute atomic E-state index is 2.40. The average molecular weight is 433 g/mol. The largest absolute Gasteiger partial charge is 0.0654 e. The van der Waals surface area contributed by atoms with Crippen molar-refractivity contribution in [2.45, 2.75) is 168 Å². The molecule has 0 bridgehead atoms. The molecule has 0 heteroatoms. The van der Waals surface area contributed by atoms with E-state index in [1.54, 1.807) is 38.5 Å². The molecule has 2 fully saturated rings.